The Labute approximate surface area is 125 Å². The summed E-state index contributed by atoms with van der Waals surface area (Å²) in [5.41, 5.74) is 2.69. The summed E-state index contributed by atoms with van der Waals surface area (Å²) in [7, 11) is 3.60. The van der Waals surface area contributed by atoms with Crippen LogP contribution in [0.5, 0.6) is 0 Å². The third-order valence-electron chi connectivity index (χ3n) is 3.42. The van der Waals surface area contributed by atoms with Crippen molar-refractivity contribution < 1.29 is 0 Å². The van der Waals surface area contributed by atoms with Gasteiger partial charge in [-0.25, -0.2) is 0 Å². The van der Waals surface area contributed by atoms with E-state index in [1.54, 1.807) is 13.1 Å². The van der Waals surface area contributed by atoms with Crippen molar-refractivity contribution in [2.24, 2.45) is 0 Å². The van der Waals surface area contributed by atoms with E-state index < -0.39 is 0 Å². The molecule has 0 aliphatic rings. The van der Waals surface area contributed by atoms with Crippen molar-refractivity contribution >= 4 is 5.96 Å². The van der Waals surface area contributed by atoms with Crippen LogP contribution in [0.25, 0.3) is 0 Å². The molecule has 0 heterocycles. The molecule has 0 aliphatic heterocycles. The Bertz CT molecular complexity index is 658. The van der Waals surface area contributed by atoms with Crippen LogP contribution >= 0.6 is 0 Å². The first-order chi connectivity index (χ1) is 10.2. The minimum absolute atomic E-state index is 0.112. The zero-order chi connectivity index (χ0) is 15.2. The van der Waals surface area contributed by atoms with Crippen LogP contribution < -0.4 is 5.32 Å². The van der Waals surface area contributed by atoms with Gasteiger partial charge in [-0.3, -0.25) is 5.41 Å². The van der Waals surface area contributed by atoms with Gasteiger partial charge < -0.3 is 10.2 Å². The highest BCUT2D eigenvalue weighted by Crippen LogP contribution is 2.27. The minimum atomic E-state index is -0.112. The Balaban J connectivity index is 2.50. The lowest BCUT2D eigenvalue weighted by atomic mass is 9.96. The fourth-order valence-corrected chi connectivity index (χ4v) is 2.36. The van der Waals surface area contributed by atoms with E-state index in [0.29, 0.717) is 11.5 Å². The maximum absolute atomic E-state index is 9.09. The third kappa shape index (κ3) is 3.21. The molecule has 4 heteroatoms. The van der Waals surface area contributed by atoms with E-state index in [9.17, 15) is 0 Å². The summed E-state index contributed by atoms with van der Waals surface area (Å²) in [6.45, 7) is 0. The van der Waals surface area contributed by atoms with Crippen LogP contribution in [0.1, 0.15) is 22.7 Å². The summed E-state index contributed by atoms with van der Waals surface area (Å²) < 4.78 is 0. The average molecular weight is 278 g/mol. The molecule has 2 N–H and O–H groups in total. The predicted octanol–water partition coefficient (Wildman–Crippen LogP) is 2.73. The van der Waals surface area contributed by atoms with E-state index in [0.717, 1.165) is 11.1 Å². The molecule has 0 fully saturated rings. The number of hydrogen-bond donors (Lipinski definition) is 2. The molecule has 2 aromatic rings. The number of guanidine groups is 1. The van der Waals surface area contributed by atoms with Gasteiger partial charge in [0.2, 0.25) is 0 Å². The lowest BCUT2D eigenvalue weighted by Crippen LogP contribution is -2.38. The largest absolute Gasteiger partial charge is 0.359 e. The Morgan fingerprint density at radius 1 is 1.14 bits per heavy atom. The van der Waals surface area contributed by atoms with Crippen LogP contribution in [-0.4, -0.2) is 25.0 Å². The van der Waals surface area contributed by atoms with E-state index in [2.05, 4.69) is 11.4 Å². The lowest BCUT2D eigenvalue weighted by Gasteiger charge is -2.30. The van der Waals surface area contributed by atoms with Gasteiger partial charge in [0.05, 0.1) is 17.7 Å². The van der Waals surface area contributed by atoms with Crippen molar-refractivity contribution in [3.63, 3.8) is 0 Å². The van der Waals surface area contributed by atoms with Crippen LogP contribution in [0, 0.1) is 16.7 Å². The molecule has 1 atom stereocenters. The summed E-state index contributed by atoms with van der Waals surface area (Å²) in [6, 6.07) is 19.6. The zero-order valence-corrected chi connectivity index (χ0v) is 12.2. The molecule has 21 heavy (non-hydrogen) atoms. The fraction of sp³-hybridized carbons (Fsp3) is 0.176. The Kier molecular flexibility index (Phi) is 4.57. The van der Waals surface area contributed by atoms with Crippen LogP contribution in [0.4, 0.5) is 0 Å². The normalized spacial score (nSPS) is 11.3. The molecule has 0 aliphatic carbocycles. The SMILES string of the molecule is CNC(=N)N(C)C(c1ccccc1)c1cccc(C#N)c1. The van der Waals surface area contributed by atoms with Crippen LogP contribution in [-0.2, 0) is 0 Å². The zero-order valence-electron chi connectivity index (χ0n) is 12.2. The van der Waals surface area contributed by atoms with E-state index in [4.69, 9.17) is 10.7 Å². The number of nitrogens with one attached hydrogen (secondary N) is 2. The highest BCUT2D eigenvalue weighted by atomic mass is 15.3. The van der Waals surface area contributed by atoms with Crippen molar-refractivity contribution in [3.05, 3.63) is 71.3 Å². The Hall–Kier alpha value is -2.80. The maximum Gasteiger partial charge on any atom is 0.191 e. The molecule has 0 bridgehead atoms. The second kappa shape index (κ2) is 6.58. The third-order valence-corrected chi connectivity index (χ3v) is 3.42. The molecule has 1 unspecified atom stereocenters. The molecule has 2 aromatic carbocycles. The molecule has 0 amide bonds. The van der Waals surface area contributed by atoms with E-state index >= 15 is 0 Å². The first-order valence-electron chi connectivity index (χ1n) is 6.71. The van der Waals surface area contributed by atoms with Crippen molar-refractivity contribution in [2.45, 2.75) is 6.04 Å². The van der Waals surface area contributed by atoms with Gasteiger partial charge in [-0.1, -0.05) is 42.5 Å². The Morgan fingerprint density at radius 2 is 1.81 bits per heavy atom. The van der Waals surface area contributed by atoms with Crippen LogP contribution in [0.3, 0.4) is 0 Å². The smallest absolute Gasteiger partial charge is 0.191 e. The maximum atomic E-state index is 9.09. The quantitative estimate of drug-likeness (QED) is 0.670. The van der Waals surface area contributed by atoms with Gasteiger partial charge in [0, 0.05) is 14.1 Å². The number of nitrogens with zero attached hydrogens (tertiary/aromatic N) is 2. The fourth-order valence-electron chi connectivity index (χ4n) is 2.36. The summed E-state index contributed by atoms with van der Waals surface area (Å²) in [6.07, 6.45) is 0. The highest BCUT2D eigenvalue weighted by molar-refractivity contribution is 5.77. The van der Waals surface area contributed by atoms with Crippen molar-refractivity contribution in [2.75, 3.05) is 14.1 Å². The van der Waals surface area contributed by atoms with Gasteiger partial charge in [0.15, 0.2) is 5.96 Å². The predicted molar refractivity (Wildman–Crippen MR) is 84.0 cm³/mol. The molecular weight excluding hydrogens is 260 g/mol. The van der Waals surface area contributed by atoms with Gasteiger partial charge >= 0.3 is 0 Å². The topological polar surface area (TPSA) is 62.9 Å². The van der Waals surface area contributed by atoms with Gasteiger partial charge in [0.1, 0.15) is 0 Å². The molecular formula is C17H18N4. The molecule has 0 spiro atoms. The highest BCUT2D eigenvalue weighted by Gasteiger charge is 2.21. The standard InChI is InChI=1S/C17H18N4/c1-20-17(19)21(2)16(14-8-4-3-5-9-14)15-10-6-7-13(11-15)12-18/h3-11,16H,1-2H3,(H2,19,20). The molecule has 4 nitrogen and oxygen atoms in total. The summed E-state index contributed by atoms with van der Waals surface area (Å²) in [5.74, 6) is 0.325. The number of benzene rings is 2. The lowest BCUT2D eigenvalue weighted by molar-refractivity contribution is 0.412. The van der Waals surface area contributed by atoms with Gasteiger partial charge in [-0.05, 0) is 23.3 Å². The molecule has 0 radical (unpaired) electrons. The molecule has 0 saturated heterocycles. The second-order valence-electron chi connectivity index (χ2n) is 4.76. The number of hydrogen-bond acceptors (Lipinski definition) is 2. The van der Waals surface area contributed by atoms with E-state index in [1.165, 1.54) is 0 Å². The molecule has 106 valence electrons. The summed E-state index contributed by atoms with van der Waals surface area (Å²) >= 11 is 0. The van der Waals surface area contributed by atoms with Gasteiger partial charge in [0.25, 0.3) is 0 Å². The van der Waals surface area contributed by atoms with E-state index in [1.807, 2.05) is 60.5 Å². The Morgan fingerprint density at radius 3 is 2.43 bits per heavy atom. The first kappa shape index (κ1) is 14.6. The van der Waals surface area contributed by atoms with Gasteiger partial charge in [-0.2, -0.15) is 5.26 Å². The van der Waals surface area contributed by atoms with E-state index in [-0.39, 0.29) is 6.04 Å². The first-order valence-corrected chi connectivity index (χ1v) is 6.71. The van der Waals surface area contributed by atoms with Crippen molar-refractivity contribution in [1.82, 2.24) is 10.2 Å². The second-order valence-corrected chi connectivity index (χ2v) is 4.76. The molecule has 2 rings (SSSR count). The number of rotatable bonds is 3. The number of nitriles is 1. The van der Waals surface area contributed by atoms with Crippen molar-refractivity contribution in [1.29, 1.82) is 10.7 Å². The summed E-state index contributed by atoms with van der Waals surface area (Å²) in [5, 5.41) is 20.0. The van der Waals surface area contributed by atoms with Crippen LogP contribution in [0.2, 0.25) is 0 Å². The minimum Gasteiger partial charge on any atom is -0.359 e. The summed E-state index contributed by atoms with van der Waals surface area (Å²) in [4.78, 5) is 1.85. The van der Waals surface area contributed by atoms with Crippen molar-refractivity contribution in [3.8, 4) is 6.07 Å². The van der Waals surface area contributed by atoms with Gasteiger partial charge in [-0.15, -0.1) is 0 Å². The average Bonchev–Trinajstić information content (AvgIpc) is 2.55. The molecule has 0 aromatic heterocycles. The molecule has 0 saturated carbocycles. The monoisotopic (exact) mass is 278 g/mol. The van der Waals surface area contributed by atoms with Crippen LogP contribution in [0.15, 0.2) is 54.6 Å².